The molecule has 2 N–H and O–H groups in total. The lowest BCUT2D eigenvalue weighted by Crippen LogP contribution is -2.54. The molecule has 1 heterocycles. The van der Waals surface area contributed by atoms with Crippen LogP contribution in [0.25, 0.3) is 0 Å². The molecule has 0 saturated carbocycles. The van der Waals surface area contributed by atoms with Gasteiger partial charge in [-0.3, -0.25) is 24.0 Å². The number of carbonyl (C=O) groups is 5. The number of rotatable bonds is 20. The molecule has 0 bridgehead atoms. The lowest BCUT2D eigenvalue weighted by molar-refractivity contribution is -0.154. The van der Waals surface area contributed by atoms with Crippen molar-refractivity contribution in [2.45, 2.75) is 109 Å². The van der Waals surface area contributed by atoms with Gasteiger partial charge in [-0.2, -0.15) is 0 Å². The summed E-state index contributed by atoms with van der Waals surface area (Å²) in [5.74, 6) is -3.94. The molecule has 7 atom stereocenters. The molecule has 1 aliphatic heterocycles. The molecule has 14 nitrogen and oxygen atoms in total. The third kappa shape index (κ3) is 12.3. The molecule has 2 aromatic carbocycles. The number of hydrogen-bond donors (Lipinski definition) is 2. The van der Waals surface area contributed by atoms with Crippen LogP contribution in [-0.4, -0.2) is 99.9 Å². The van der Waals surface area contributed by atoms with Crippen LogP contribution in [0.3, 0.4) is 0 Å². The molecular formula is C41H60N4O10S. The van der Waals surface area contributed by atoms with Crippen LogP contribution >= 0.6 is 0 Å². The zero-order valence-electron chi connectivity index (χ0n) is 34.1. The highest BCUT2D eigenvalue weighted by molar-refractivity contribution is 7.90. The molecule has 0 unspecified atom stereocenters. The molecule has 0 spiro atoms. The van der Waals surface area contributed by atoms with Crippen LogP contribution in [0.1, 0.15) is 79.2 Å². The van der Waals surface area contributed by atoms with Crippen LogP contribution in [-0.2, 0) is 54.8 Å². The Morgan fingerprint density at radius 2 is 1.57 bits per heavy atom. The van der Waals surface area contributed by atoms with Crippen LogP contribution in [0.5, 0.6) is 0 Å². The van der Waals surface area contributed by atoms with Gasteiger partial charge >= 0.3 is 5.97 Å². The number of benzene rings is 2. The molecule has 56 heavy (non-hydrogen) atoms. The predicted octanol–water partition coefficient (Wildman–Crippen LogP) is 4.78. The van der Waals surface area contributed by atoms with Crippen LogP contribution in [0.2, 0.25) is 0 Å². The highest BCUT2D eigenvalue weighted by Crippen LogP contribution is 2.31. The summed E-state index contributed by atoms with van der Waals surface area (Å²) in [5.41, 5.74) is 1.25. The summed E-state index contributed by atoms with van der Waals surface area (Å²) in [7, 11) is 0.358. The predicted molar refractivity (Wildman–Crippen MR) is 211 cm³/mol. The summed E-state index contributed by atoms with van der Waals surface area (Å²) in [6.07, 6.45) is 0.172. The van der Waals surface area contributed by atoms with Gasteiger partial charge in [0.05, 0.1) is 53.9 Å². The topological polar surface area (TPSA) is 178 Å². The molecule has 1 saturated heterocycles. The minimum absolute atomic E-state index is 0.0645. The van der Waals surface area contributed by atoms with E-state index >= 15 is 0 Å². The third-order valence-electron chi connectivity index (χ3n) is 10.7. The molecule has 0 aromatic heterocycles. The van der Waals surface area contributed by atoms with Crippen LogP contribution < -0.4 is 10.0 Å². The molecule has 2 aromatic rings. The average molecular weight is 801 g/mol. The van der Waals surface area contributed by atoms with Crippen molar-refractivity contribution in [1.29, 1.82) is 0 Å². The van der Waals surface area contributed by atoms with Crippen LogP contribution in [0.15, 0.2) is 59.5 Å². The highest BCUT2D eigenvalue weighted by Gasteiger charge is 2.43. The molecular weight excluding hydrogens is 741 g/mol. The van der Waals surface area contributed by atoms with Gasteiger partial charge in [0, 0.05) is 40.4 Å². The van der Waals surface area contributed by atoms with E-state index in [9.17, 15) is 32.4 Å². The Bertz CT molecular complexity index is 1740. The standard InChI is InChI=1S/C41H60N4O10S/c1-10-27(4)38(44(7)41(50)33(26(2)3)23-37(48)55-25-30-15-12-11-13-16-30)35(53-8)24-36(47)45-22-14-17-34(45)39(54-9)28(5)40(49)43-56(51,52)32-20-18-31(19-21-32)42-29(6)46/h11-13,15-16,18-21,26-28,33-35,38-39H,10,14,17,22-25H2,1-9H3,(H,42,46)(H,43,49)/t27-,28+,33-,34-,35+,38-,39+/m0/s1. The van der Waals surface area contributed by atoms with Crippen molar-refractivity contribution in [3.05, 3.63) is 60.2 Å². The number of likely N-dealkylation sites (N-methyl/N-ethyl adjacent to an activating group) is 1. The van der Waals surface area contributed by atoms with Crippen molar-refractivity contribution in [3.8, 4) is 0 Å². The smallest absolute Gasteiger partial charge is 0.306 e. The molecule has 1 aliphatic rings. The van der Waals surface area contributed by atoms with Gasteiger partial charge in [-0.25, -0.2) is 13.1 Å². The zero-order valence-corrected chi connectivity index (χ0v) is 35.0. The Morgan fingerprint density at radius 3 is 2.12 bits per heavy atom. The molecule has 310 valence electrons. The van der Waals surface area contributed by atoms with Crippen molar-refractivity contribution in [2.24, 2.45) is 23.7 Å². The van der Waals surface area contributed by atoms with E-state index in [2.05, 4.69) is 10.0 Å². The van der Waals surface area contributed by atoms with E-state index in [1.165, 1.54) is 45.4 Å². The summed E-state index contributed by atoms with van der Waals surface area (Å²) < 4.78 is 45.6. The lowest BCUT2D eigenvalue weighted by atomic mass is 9.87. The number of anilines is 1. The van der Waals surface area contributed by atoms with E-state index in [-0.39, 0.29) is 53.9 Å². The normalized spacial score (nSPS) is 17.6. The third-order valence-corrected chi connectivity index (χ3v) is 12.1. The molecule has 15 heteroatoms. The van der Waals surface area contributed by atoms with E-state index in [1.807, 2.05) is 58.0 Å². The van der Waals surface area contributed by atoms with Gasteiger partial charge in [0.25, 0.3) is 10.0 Å². The van der Waals surface area contributed by atoms with E-state index in [1.54, 1.807) is 23.8 Å². The summed E-state index contributed by atoms with van der Waals surface area (Å²) >= 11 is 0. The van der Waals surface area contributed by atoms with Gasteiger partial charge in [0.2, 0.25) is 23.6 Å². The minimum Gasteiger partial charge on any atom is -0.461 e. The first kappa shape index (κ1) is 46.0. The molecule has 4 amide bonds. The van der Waals surface area contributed by atoms with E-state index < -0.39 is 58.0 Å². The first-order valence-electron chi connectivity index (χ1n) is 19.2. The number of hydrogen-bond acceptors (Lipinski definition) is 10. The summed E-state index contributed by atoms with van der Waals surface area (Å²) in [4.78, 5) is 69.0. The Labute approximate surface area is 332 Å². The monoisotopic (exact) mass is 800 g/mol. The van der Waals surface area contributed by atoms with Crippen LogP contribution in [0, 0.1) is 23.7 Å². The van der Waals surface area contributed by atoms with Gasteiger partial charge in [-0.15, -0.1) is 0 Å². The second-order valence-corrected chi connectivity index (χ2v) is 16.6. The number of methoxy groups -OCH3 is 2. The quantitative estimate of drug-likeness (QED) is 0.177. The number of nitrogens with zero attached hydrogens (tertiary/aromatic N) is 2. The zero-order chi connectivity index (χ0) is 41.7. The average Bonchev–Trinajstić information content (AvgIpc) is 3.65. The van der Waals surface area contributed by atoms with Crippen molar-refractivity contribution < 1.29 is 46.6 Å². The van der Waals surface area contributed by atoms with Crippen LogP contribution in [0.4, 0.5) is 5.69 Å². The minimum atomic E-state index is -4.26. The van der Waals surface area contributed by atoms with Gasteiger partial charge in [-0.05, 0) is 54.5 Å². The summed E-state index contributed by atoms with van der Waals surface area (Å²) in [6, 6.07) is 13.7. The largest absolute Gasteiger partial charge is 0.461 e. The van der Waals surface area contributed by atoms with Gasteiger partial charge in [-0.1, -0.05) is 71.4 Å². The van der Waals surface area contributed by atoms with E-state index in [0.717, 1.165) is 5.56 Å². The number of nitrogens with one attached hydrogen (secondary N) is 2. The van der Waals surface area contributed by atoms with E-state index in [0.29, 0.717) is 31.5 Å². The fourth-order valence-corrected chi connectivity index (χ4v) is 8.42. The first-order chi connectivity index (χ1) is 26.4. The van der Waals surface area contributed by atoms with Gasteiger partial charge < -0.3 is 29.3 Å². The second kappa shape index (κ2) is 21.3. The Kier molecular flexibility index (Phi) is 17.5. The lowest BCUT2D eigenvalue weighted by Gasteiger charge is -2.40. The number of amides is 4. The number of esters is 1. The molecule has 3 rings (SSSR count). The fraction of sp³-hybridized carbons (Fsp3) is 0.585. The van der Waals surface area contributed by atoms with Gasteiger partial charge in [0.15, 0.2) is 0 Å². The number of carbonyl (C=O) groups excluding carboxylic acids is 5. The van der Waals surface area contributed by atoms with Crippen molar-refractivity contribution in [1.82, 2.24) is 14.5 Å². The SMILES string of the molecule is CC[C@H](C)[C@@H]([C@@H](CC(=O)N1CCC[C@H]1[C@H](OC)[C@@H](C)C(=O)NS(=O)(=O)c1ccc(NC(C)=O)cc1)OC)N(C)C(=O)[C@@H](CC(=O)OCc1ccccc1)C(C)C. The van der Waals surface area contributed by atoms with Gasteiger partial charge in [0.1, 0.15) is 6.61 Å². The maximum atomic E-state index is 14.1. The Hall–Kier alpha value is -4.34. The van der Waals surface area contributed by atoms with Crippen molar-refractivity contribution in [3.63, 3.8) is 0 Å². The second-order valence-electron chi connectivity index (χ2n) is 15.0. The summed E-state index contributed by atoms with van der Waals surface area (Å²) in [5, 5.41) is 2.56. The van der Waals surface area contributed by atoms with Crippen molar-refractivity contribution in [2.75, 3.05) is 33.1 Å². The highest BCUT2D eigenvalue weighted by atomic mass is 32.2. The number of sulfonamides is 1. The van der Waals surface area contributed by atoms with Crippen molar-refractivity contribution >= 4 is 45.3 Å². The number of ether oxygens (including phenoxy) is 3. The summed E-state index contributed by atoms with van der Waals surface area (Å²) in [6.45, 7) is 11.2. The Balaban J connectivity index is 1.73. The molecule has 0 radical (unpaired) electrons. The Morgan fingerprint density at radius 1 is 0.929 bits per heavy atom. The van der Waals surface area contributed by atoms with E-state index in [4.69, 9.17) is 14.2 Å². The fourth-order valence-electron chi connectivity index (χ4n) is 7.36. The maximum Gasteiger partial charge on any atom is 0.306 e. The maximum absolute atomic E-state index is 14.1. The number of likely N-dealkylation sites (tertiary alicyclic amines) is 1. The molecule has 1 fully saturated rings. The first-order valence-corrected chi connectivity index (χ1v) is 20.7. The molecule has 0 aliphatic carbocycles.